The number of hydrogen-bond donors (Lipinski definition) is 1. The highest BCUT2D eigenvalue weighted by molar-refractivity contribution is 9.10. The molecule has 1 aliphatic rings. The van der Waals surface area contributed by atoms with Crippen LogP contribution in [-0.4, -0.2) is 9.43 Å². The molecule has 2 aromatic carbocycles. The van der Waals surface area contributed by atoms with Crippen molar-refractivity contribution < 1.29 is 5.11 Å². The first-order valence-corrected chi connectivity index (χ1v) is 7.35. The zero-order valence-corrected chi connectivity index (χ0v) is 12.5. The molecular formula is C17H17BrO. The Bertz CT molecular complexity index is 568. The third-order valence-electron chi connectivity index (χ3n) is 4.36. The lowest BCUT2D eigenvalue weighted by Gasteiger charge is -2.23. The summed E-state index contributed by atoms with van der Waals surface area (Å²) in [7, 11) is 0. The zero-order chi connectivity index (χ0) is 13.5. The first kappa shape index (κ1) is 12.9. The van der Waals surface area contributed by atoms with Crippen LogP contribution in [0.1, 0.15) is 30.6 Å². The summed E-state index contributed by atoms with van der Waals surface area (Å²) in [6.45, 7) is 2.21. The van der Waals surface area contributed by atoms with Crippen molar-refractivity contribution in [1.29, 1.82) is 0 Å². The molecule has 0 aromatic heterocycles. The second-order valence-electron chi connectivity index (χ2n) is 5.55. The van der Waals surface area contributed by atoms with Crippen LogP contribution in [0.3, 0.4) is 0 Å². The smallest absolute Gasteiger partial charge is 0.0951 e. The van der Waals surface area contributed by atoms with Gasteiger partial charge in [-0.25, -0.2) is 0 Å². The normalized spacial score (nSPS) is 30.9. The van der Waals surface area contributed by atoms with E-state index in [9.17, 15) is 5.11 Å². The van der Waals surface area contributed by atoms with Crippen molar-refractivity contribution in [1.82, 2.24) is 0 Å². The number of benzene rings is 2. The number of alkyl halides is 1. The van der Waals surface area contributed by atoms with Gasteiger partial charge in [-0.1, -0.05) is 83.5 Å². The first-order valence-electron chi connectivity index (χ1n) is 6.55. The largest absolute Gasteiger partial charge is 0.387 e. The summed E-state index contributed by atoms with van der Waals surface area (Å²) in [5.41, 5.74) is 2.24. The molecule has 2 heteroatoms. The molecule has 0 aliphatic heterocycles. The van der Waals surface area contributed by atoms with Crippen LogP contribution < -0.4 is 0 Å². The van der Waals surface area contributed by atoms with E-state index in [1.54, 1.807) is 0 Å². The molecule has 0 spiro atoms. The molecule has 19 heavy (non-hydrogen) atoms. The Hall–Kier alpha value is -1.12. The van der Waals surface area contributed by atoms with Crippen molar-refractivity contribution in [3.05, 3.63) is 71.8 Å². The van der Waals surface area contributed by atoms with E-state index in [2.05, 4.69) is 47.1 Å². The van der Waals surface area contributed by atoms with Gasteiger partial charge in [-0.2, -0.15) is 0 Å². The van der Waals surface area contributed by atoms with Crippen LogP contribution in [0.25, 0.3) is 0 Å². The van der Waals surface area contributed by atoms with Crippen molar-refractivity contribution in [3.63, 3.8) is 0 Å². The highest BCUT2D eigenvalue weighted by atomic mass is 79.9. The average molecular weight is 317 g/mol. The molecular weight excluding hydrogens is 300 g/mol. The molecule has 1 N–H and O–H groups in total. The van der Waals surface area contributed by atoms with Crippen LogP contribution in [0.5, 0.6) is 0 Å². The maximum absolute atomic E-state index is 10.7. The van der Waals surface area contributed by atoms with Gasteiger partial charge in [0.25, 0.3) is 0 Å². The van der Waals surface area contributed by atoms with Gasteiger partial charge >= 0.3 is 0 Å². The lowest BCUT2D eigenvalue weighted by Crippen LogP contribution is -2.23. The number of aliphatic hydroxyl groups excluding tert-OH is 1. The molecule has 0 heterocycles. The minimum atomic E-state index is -0.487. The van der Waals surface area contributed by atoms with Gasteiger partial charge in [-0.05, 0) is 17.5 Å². The second kappa shape index (κ2) is 4.46. The van der Waals surface area contributed by atoms with Crippen LogP contribution in [0.2, 0.25) is 0 Å². The van der Waals surface area contributed by atoms with Gasteiger partial charge in [-0.15, -0.1) is 0 Å². The number of aliphatic hydroxyl groups is 1. The molecule has 1 fully saturated rings. The molecule has 0 saturated heterocycles. The summed E-state index contributed by atoms with van der Waals surface area (Å²) in [6.07, 6.45) is 0.457. The molecule has 98 valence electrons. The number of rotatable bonds is 3. The monoisotopic (exact) mass is 316 g/mol. The molecule has 1 saturated carbocycles. The Kier molecular flexibility index (Phi) is 3.03. The summed E-state index contributed by atoms with van der Waals surface area (Å²) in [5.74, 6) is 0. The van der Waals surface area contributed by atoms with Gasteiger partial charge in [-0.3, -0.25) is 0 Å². The van der Waals surface area contributed by atoms with Crippen LogP contribution >= 0.6 is 15.9 Å². The zero-order valence-electron chi connectivity index (χ0n) is 10.9. The maximum Gasteiger partial charge on any atom is 0.0951 e. The topological polar surface area (TPSA) is 20.2 Å². The molecule has 1 aliphatic carbocycles. The fraction of sp³-hybridized carbons (Fsp3) is 0.294. The van der Waals surface area contributed by atoms with Crippen molar-refractivity contribution in [2.45, 2.75) is 29.2 Å². The summed E-state index contributed by atoms with van der Waals surface area (Å²) in [5, 5.41) is 10.7. The van der Waals surface area contributed by atoms with Crippen LogP contribution in [0.15, 0.2) is 60.7 Å². The molecule has 0 bridgehead atoms. The molecule has 2 aromatic rings. The van der Waals surface area contributed by atoms with Gasteiger partial charge in [0.15, 0.2) is 0 Å². The van der Waals surface area contributed by atoms with E-state index in [0.29, 0.717) is 0 Å². The third-order valence-corrected chi connectivity index (χ3v) is 5.95. The SMILES string of the molecule is CC1(c2ccccc2)CC1(Br)C(O)c1ccccc1. The fourth-order valence-electron chi connectivity index (χ4n) is 2.92. The van der Waals surface area contributed by atoms with Gasteiger partial charge in [0.2, 0.25) is 0 Å². The Morgan fingerprint density at radius 3 is 2.11 bits per heavy atom. The second-order valence-corrected chi connectivity index (χ2v) is 6.97. The molecule has 3 unspecified atom stereocenters. The number of halogens is 1. The first-order chi connectivity index (χ1) is 9.08. The van der Waals surface area contributed by atoms with E-state index >= 15 is 0 Å². The van der Waals surface area contributed by atoms with Gasteiger partial charge in [0, 0.05) is 5.41 Å². The minimum Gasteiger partial charge on any atom is -0.387 e. The Labute approximate surface area is 122 Å². The quantitative estimate of drug-likeness (QED) is 0.841. The standard InChI is InChI=1S/C17H17BrO/c1-16(14-10-6-3-7-11-14)12-17(16,18)15(19)13-8-4-2-5-9-13/h2-11,15,19H,12H2,1H3. The van der Waals surface area contributed by atoms with E-state index in [4.69, 9.17) is 0 Å². The number of hydrogen-bond acceptors (Lipinski definition) is 1. The Morgan fingerprint density at radius 2 is 1.53 bits per heavy atom. The predicted octanol–water partition coefficient (Wildman–Crippen LogP) is 4.22. The summed E-state index contributed by atoms with van der Waals surface area (Å²) >= 11 is 3.80. The summed E-state index contributed by atoms with van der Waals surface area (Å²) < 4.78 is -0.261. The predicted molar refractivity (Wildman–Crippen MR) is 81.5 cm³/mol. The molecule has 1 nitrogen and oxygen atoms in total. The van der Waals surface area contributed by atoms with Crippen LogP contribution in [-0.2, 0) is 5.41 Å². The van der Waals surface area contributed by atoms with Crippen molar-refractivity contribution in [3.8, 4) is 0 Å². The summed E-state index contributed by atoms with van der Waals surface area (Å²) in [4.78, 5) is 0. The van der Waals surface area contributed by atoms with Crippen molar-refractivity contribution in [2.24, 2.45) is 0 Å². The third kappa shape index (κ3) is 1.94. The van der Waals surface area contributed by atoms with E-state index in [1.807, 2.05) is 36.4 Å². The fourth-order valence-corrected chi connectivity index (χ4v) is 3.97. The van der Waals surface area contributed by atoms with Crippen LogP contribution in [0, 0.1) is 0 Å². The lowest BCUT2D eigenvalue weighted by atomic mass is 9.91. The van der Waals surface area contributed by atoms with E-state index in [1.165, 1.54) is 5.56 Å². The van der Waals surface area contributed by atoms with Gasteiger partial charge in [0.05, 0.1) is 10.4 Å². The Balaban J connectivity index is 1.91. The van der Waals surface area contributed by atoms with Gasteiger partial charge < -0.3 is 5.11 Å². The molecule has 3 atom stereocenters. The molecule has 0 radical (unpaired) electrons. The molecule has 0 amide bonds. The lowest BCUT2D eigenvalue weighted by molar-refractivity contribution is 0.161. The van der Waals surface area contributed by atoms with Gasteiger partial charge in [0.1, 0.15) is 0 Å². The van der Waals surface area contributed by atoms with E-state index in [-0.39, 0.29) is 9.74 Å². The highest BCUT2D eigenvalue weighted by Gasteiger charge is 2.67. The van der Waals surface area contributed by atoms with Crippen molar-refractivity contribution in [2.75, 3.05) is 0 Å². The van der Waals surface area contributed by atoms with E-state index in [0.717, 1.165) is 12.0 Å². The Morgan fingerprint density at radius 1 is 1.00 bits per heavy atom. The molecule has 3 rings (SSSR count). The maximum atomic E-state index is 10.7. The average Bonchev–Trinajstić information content (AvgIpc) is 3.05. The van der Waals surface area contributed by atoms with Crippen molar-refractivity contribution >= 4 is 15.9 Å². The summed E-state index contributed by atoms with van der Waals surface area (Å²) in [6, 6.07) is 20.3. The van der Waals surface area contributed by atoms with Crippen LogP contribution in [0.4, 0.5) is 0 Å². The highest BCUT2D eigenvalue weighted by Crippen LogP contribution is 2.68. The minimum absolute atomic E-state index is 0.0104. The van der Waals surface area contributed by atoms with E-state index < -0.39 is 6.10 Å².